The Bertz CT molecular complexity index is 586. The van der Waals surface area contributed by atoms with Crippen molar-refractivity contribution in [3.8, 4) is 5.75 Å². The van der Waals surface area contributed by atoms with E-state index in [1.165, 1.54) is 0 Å². The molecule has 1 N–H and O–H groups in total. The lowest BCUT2D eigenvalue weighted by Gasteiger charge is -2.31. The maximum atomic E-state index is 12.6. The predicted octanol–water partition coefficient (Wildman–Crippen LogP) is 2.12. The van der Waals surface area contributed by atoms with Gasteiger partial charge in [-0.25, -0.2) is 0 Å². The SMILES string of the molecule is COc1cccc([C@@H]2C[C@H]2C(=O)N2CCC[C@H](C(=O)O)C2)c1. The summed E-state index contributed by atoms with van der Waals surface area (Å²) in [6.45, 7) is 1.04. The van der Waals surface area contributed by atoms with Gasteiger partial charge in [0.15, 0.2) is 0 Å². The van der Waals surface area contributed by atoms with Gasteiger partial charge in [0.05, 0.1) is 13.0 Å². The third-order valence-corrected chi connectivity index (χ3v) is 4.71. The number of benzene rings is 1. The van der Waals surface area contributed by atoms with Crippen molar-refractivity contribution < 1.29 is 19.4 Å². The standard InChI is InChI=1S/C17H21NO4/c1-22-13-6-2-4-11(8-13)14-9-15(14)16(19)18-7-3-5-12(10-18)17(20)21/h2,4,6,8,12,14-15H,3,5,7,9-10H2,1H3,(H,20,21)/t12-,14-,15+/m0/s1. The second kappa shape index (κ2) is 5.99. The molecule has 1 aliphatic heterocycles. The van der Waals surface area contributed by atoms with E-state index in [-0.39, 0.29) is 17.7 Å². The molecule has 2 fully saturated rings. The zero-order valence-corrected chi connectivity index (χ0v) is 12.7. The van der Waals surface area contributed by atoms with Gasteiger partial charge in [-0.05, 0) is 42.9 Å². The Labute approximate surface area is 129 Å². The highest BCUT2D eigenvalue weighted by atomic mass is 16.5. The van der Waals surface area contributed by atoms with Crippen molar-refractivity contribution in [3.05, 3.63) is 29.8 Å². The first-order valence-electron chi connectivity index (χ1n) is 7.75. The summed E-state index contributed by atoms with van der Waals surface area (Å²) in [4.78, 5) is 25.4. The third-order valence-electron chi connectivity index (χ3n) is 4.71. The molecule has 1 amide bonds. The number of piperidine rings is 1. The van der Waals surface area contributed by atoms with Gasteiger partial charge in [-0.1, -0.05) is 12.1 Å². The van der Waals surface area contributed by atoms with Gasteiger partial charge in [0.2, 0.25) is 5.91 Å². The summed E-state index contributed by atoms with van der Waals surface area (Å²) in [5, 5.41) is 9.13. The maximum absolute atomic E-state index is 12.6. The van der Waals surface area contributed by atoms with Gasteiger partial charge in [-0.15, -0.1) is 0 Å². The molecule has 0 radical (unpaired) electrons. The van der Waals surface area contributed by atoms with Gasteiger partial charge < -0.3 is 14.7 Å². The van der Waals surface area contributed by atoms with Crippen molar-refractivity contribution >= 4 is 11.9 Å². The van der Waals surface area contributed by atoms with Crippen LogP contribution in [-0.2, 0) is 9.59 Å². The van der Waals surface area contributed by atoms with E-state index in [2.05, 4.69) is 0 Å². The summed E-state index contributed by atoms with van der Waals surface area (Å²) >= 11 is 0. The highest BCUT2D eigenvalue weighted by Gasteiger charge is 2.46. The first-order chi connectivity index (χ1) is 10.6. The molecule has 1 aromatic rings. The summed E-state index contributed by atoms with van der Waals surface area (Å²) in [6, 6.07) is 7.84. The highest BCUT2D eigenvalue weighted by molar-refractivity contribution is 5.84. The summed E-state index contributed by atoms with van der Waals surface area (Å²) in [5.41, 5.74) is 1.13. The van der Waals surface area contributed by atoms with Gasteiger partial charge in [-0.2, -0.15) is 0 Å². The van der Waals surface area contributed by atoms with E-state index in [1.807, 2.05) is 24.3 Å². The lowest BCUT2D eigenvalue weighted by molar-refractivity contribution is -0.146. The van der Waals surface area contributed by atoms with E-state index in [9.17, 15) is 9.59 Å². The largest absolute Gasteiger partial charge is 0.497 e. The van der Waals surface area contributed by atoms with E-state index in [1.54, 1.807) is 12.0 Å². The van der Waals surface area contributed by atoms with Crippen molar-refractivity contribution in [3.63, 3.8) is 0 Å². The number of ether oxygens (including phenoxy) is 1. The highest BCUT2D eigenvalue weighted by Crippen LogP contribution is 2.49. The molecule has 0 unspecified atom stereocenters. The number of methoxy groups -OCH3 is 1. The Balaban J connectivity index is 1.63. The zero-order chi connectivity index (χ0) is 15.7. The number of hydrogen-bond donors (Lipinski definition) is 1. The van der Waals surface area contributed by atoms with Gasteiger partial charge in [0.1, 0.15) is 5.75 Å². The number of carboxylic acids is 1. The molecule has 2 aliphatic rings. The summed E-state index contributed by atoms with van der Waals surface area (Å²) in [5.74, 6) is -0.0462. The van der Waals surface area contributed by atoms with E-state index >= 15 is 0 Å². The molecule has 1 aromatic carbocycles. The van der Waals surface area contributed by atoms with Gasteiger partial charge >= 0.3 is 5.97 Å². The number of hydrogen-bond acceptors (Lipinski definition) is 3. The minimum absolute atomic E-state index is 0.000323. The Morgan fingerprint density at radius 2 is 2.18 bits per heavy atom. The normalized spacial score (nSPS) is 27.3. The van der Waals surface area contributed by atoms with Crippen LogP contribution in [-0.4, -0.2) is 42.1 Å². The van der Waals surface area contributed by atoms with Crippen LogP contribution in [0.25, 0.3) is 0 Å². The molecule has 0 aromatic heterocycles. The smallest absolute Gasteiger partial charge is 0.308 e. The number of carbonyl (C=O) groups excluding carboxylic acids is 1. The average molecular weight is 303 g/mol. The van der Waals surface area contributed by atoms with E-state index < -0.39 is 11.9 Å². The van der Waals surface area contributed by atoms with Crippen LogP contribution in [0.3, 0.4) is 0 Å². The number of carboxylic acid groups (broad SMARTS) is 1. The van der Waals surface area contributed by atoms with Crippen LogP contribution in [0.4, 0.5) is 0 Å². The molecular weight excluding hydrogens is 282 g/mol. The minimum atomic E-state index is -0.794. The summed E-state index contributed by atoms with van der Waals surface area (Å²) < 4.78 is 5.22. The number of likely N-dealkylation sites (tertiary alicyclic amines) is 1. The van der Waals surface area contributed by atoms with Crippen LogP contribution >= 0.6 is 0 Å². The van der Waals surface area contributed by atoms with Crippen LogP contribution in [0.2, 0.25) is 0 Å². The van der Waals surface area contributed by atoms with Crippen LogP contribution in [0.1, 0.15) is 30.7 Å². The van der Waals surface area contributed by atoms with Crippen molar-refractivity contribution in [2.75, 3.05) is 20.2 Å². The molecule has 3 atom stereocenters. The van der Waals surface area contributed by atoms with Crippen LogP contribution in [0, 0.1) is 11.8 Å². The molecule has 22 heavy (non-hydrogen) atoms. The van der Waals surface area contributed by atoms with Crippen LogP contribution in [0.5, 0.6) is 5.75 Å². The predicted molar refractivity (Wildman–Crippen MR) is 80.8 cm³/mol. The van der Waals surface area contributed by atoms with Crippen molar-refractivity contribution in [2.45, 2.75) is 25.2 Å². The Morgan fingerprint density at radius 3 is 2.91 bits per heavy atom. The van der Waals surface area contributed by atoms with Crippen LogP contribution < -0.4 is 4.74 Å². The van der Waals surface area contributed by atoms with E-state index in [0.29, 0.717) is 19.5 Å². The van der Waals surface area contributed by atoms with Crippen LogP contribution in [0.15, 0.2) is 24.3 Å². The fraction of sp³-hybridized carbons (Fsp3) is 0.529. The molecule has 1 saturated carbocycles. The third kappa shape index (κ3) is 2.93. The maximum Gasteiger partial charge on any atom is 0.308 e. The second-order valence-electron chi connectivity index (χ2n) is 6.19. The van der Waals surface area contributed by atoms with Crippen molar-refractivity contribution in [1.29, 1.82) is 0 Å². The quantitative estimate of drug-likeness (QED) is 0.925. The Hall–Kier alpha value is -2.04. The number of aliphatic carboxylic acids is 1. The number of carbonyl (C=O) groups is 2. The summed E-state index contributed by atoms with van der Waals surface area (Å²) in [7, 11) is 1.63. The lowest BCUT2D eigenvalue weighted by Crippen LogP contribution is -2.43. The molecule has 3 rings (SSSR count). The molecule has 0 bridgehead atoms. The molecule has 118 valence electrons. The lowest BCUT2D eigenvalue weighted by atomic mass is 9.97. The number of nitrogens with zero attached hydrogens (tertiary/aromatic N) is 1. The number of amides is 1. The van der Waals surface area contributed by atoms with E-state index in [4.69, 9.17) is 9.84 Å². The monoisotopic (exact) mass is 303 g/mol. The average Bonchev–Trinajstić information content (AvgIpc) is 3.35. The molecule has 5 nitrogen and oxygen atoms in total. The molecular formula is C17H21NO4. The fourth-order valence-electron chi connectivity index (χ4n) is 3.32. The minimum Gasteiger partial charge on any atom is -0.497 e. The first kappa shape index (κ1) is 14.9. The zero-order valence-electron chi connectivity index (χ0n) is 12.7. The molecule has 1 saturated heterocycles. The van der Waals surface area contributed by atoms with Gasteiger partial charge in [0.25, 0.3) is 0 Å². The first-order valence-corrected chi connectivity index (χ1v) is 7.75. The van der Waals surface area contributed by atoms with Gasteiger partial charge in [0, 0.05) is 19.0 Å². The topological polar surface area (TPSA) is 66.8 Å². The van der Waals surface area contributed by atoms with Gasteiger partial charge in [-0.3, -0.25) is 9.59 Å². The number of rotatable bonds is 4. The van der Waals surface area contributed by atoms with Crippen molar-refractivity contribution in [2.24, 2.45) is 11.8 Å². The Kier molecular flexibility index (Phi) is 4.05. The van der Waals surface area contributed by atoms with E-state index in [0.717, 1.165) is 24.2 Å². The molecule has 1 aliphatic carbocycles. The fourth-order valence-corrected chi connectivity index (χ4v) is 3.32. The molecule has 5 heteroatoms. The second-order valence-corrected chi connectivity index (χ2v) is 6.19. The summed E-state index contributed by atoms with van der Waals surface area (Å²) in [6.07, 6.45) is 2.29. The molecule has 1 heterocycles. The van der Waals surface area contributed by atoms with Crippen molar-refractivity contribution in [1.82, 2.24) is 4.90 Å². The Morgan fingerprint density at radius 1 is 1.36 bits per heavy atom. The molecule has 0 spiro atoms.